The number of nitrogens with one attached hydrogen (secondary N) is 1. The Morgan fingerprint density at radius 3 is 2.75 bits per heavy atom. The molecular weight excluding hydrogens is 468 g/mol. The molecule has 184 valence electrons. The monoisotopic (exact) mass is 490 g/mol. The summed E-state index contributed by atoms with van der Waals surface area (Å²) >= 11 is 0. The number of esters is 1. The number of hydrogen-bond acceptors (Lipinski definition) is 8. The molecule has 0 aliphatic heterocycles. The predicted molar refractivity (Wildman–Crippen MR) is 128 cm³/mol. The molecule has 0 unspecified atom stereocenters. The van der Waals surface area contributed by atoms with Crippen molar-refractivity contribution in [3.8, 4) is 0 Å². The summed E-state index contributed by atoms with van der Waals surface area (Å²) in [5, 5.41) is 18.3. The number of ether oxygens (including phenoxy) is 1. The molecule has 1 N–H and O–H groups in total. The first kappa shape index (κ1) is 24.3. The van der Waals surface area contributed by atoms with Gasteiger partial charge in [0.15, 0.2) is 5.65 Å². The smallest absolute Gasteiger partial charge is 0.338 e. The highest BCUT2D eigenvalue weighted by molar-refractivity contribution is 5.93. The first-order valence-electron chi connectivity index (χ1n) is 10.9. The lowest BCUT2D eigenvalue weighted by Crippen LogP contribution is -2.29. The number of aromatic nitrogens is 4. The van der Waals surface area contributed by atoms with Crippen LogP contribution >= 0.6 is 0 Å². The molecule has 12 nitrogen and oxygen atoms in total. The highest BCUT2D eigenvalue weighted by atomic mass is 16.6. The van der Waals surface area contributed by atoms with Crippen LogP contribution < -0.4 is 10.9 Å². The van der Waals surface area contributed by atoms with Crippen molar-refractivity contribution in [3.05, 3.63) is 98.2 Å². The summed E-state index contributed by atoms with van der Waals surface area (Å²) in [7, 11) is 1.28. The lowest BCUT2D eigenvalue weighted by atomic mass is 10.0. The Balaban J connectivity index is 1.41. The third-order valence-corrected chi connectivity index (χ3v) is 5.52. The second-order valence-electron chi connectivity index (χ2n) is 7.89. The number of carbonyl (C=O) groups excluding carboxylic acids is 2. The number of benzene rings is 2. The molecule has 0 spiro atoms. The SMILES string of the molecule is COC(=O)c1ccccc1CC(=O)NCCn1ncc2c(=O)n(Cc3cccc([N+](=O)[O-])c3)cnc21. The Kier molecular flexibility index (Phi) is 7.14. The van der Waals surface area contributed by atoms with Crippen LogP contribution in [0.5, 0.6) is 0 Å². The van der Waals surface area contributed by atoms with Gasteiger partial charge in [0.05, 0.1) is 43.3 Å². The third-order valence-electron chi connectivity index (χ3n) is 5.52. The van der Waals surface area contributed by atoms with Crippen LogP contribution in [-0.4, -0.2) is 49.8 Å². The van der Waals surface area contributed by atoms with Gasteiger partial charge in [0.2, 0.25) is 5.91 Å². The molecule has 0 saturated heterocycles. The summed E-state index contributed by atoms with van der Waals surface area (Å²) in [6, 6.07) is 12.8. The molecule has 2 heterocycles. The van der Waals surface area contributed by atoms with Crippen molar-refractivity contribution >= 4 is 28.6 Å². The quantitative estimate of drug-likeness (QED) is 0.211. The van der Waals surface area contributed by atoms with Gasteiger partial charge in [0.1, 0.15) is 11.7 Å². The molecule has 4 aromatic rings. The summed E-state index contributed by atoms with van der Waals surface area (Å²) < 4.78 is 7.62. The van der Waals surface area contributed by atoms with Crippen molar-refractivity contribution < 1.29 is 19.2 Å². The van der Waals surface area contributed by atoms with E-state index in [4.69, 9.17) is 4.74 Å². The Bertz CT molecular complexity index is 1510. The van der Waals surface area contributed by atoms with E-state index in [9.17, 15) is 24.5 Å². The molecule has 0 atom stereocenters. The summed E-state index contributed by atoms with van der Waals surface area (Å²) in [4.78, 5) is 52.0. The average Bonchev–Trinajstić information content (AvgIpc) is 3.29. The molecule has 0 saturated carbocycles. The molecular formula is C24H22N6O6. The maximum atomic E-state index is 12.9. The van der Waals surface area contributed by atoms with Crippen LogP contribution in [0.2, 0.25) is 0 Å². The van der Waals surface area contributed by atoms with Gasteiger partial charge >= 0.3 is 5.97 Å². The zero-order chi connectivity index (χ0) is 25.7. The van der Waals surface area contributed by atoms with E-state index < -0.39 is 10.9 Å². The summed E-state index contributed by atoms with van der Waals surface area (Å²) in [6.07, 6.45) is 2.78. The molecule has 4 rings (SSSR count). The Morgan fingerprint density at radius 2 is 1.97 bits per heavy atom. The van der Waals surface area contributed by atoms with Crippen molar-refractivity contribution in [3.63, 3.8) is 0 Å². The molecule has 1 amide bonds. The lowest BCUT2D eigenvalue weighted by Gasteiger charge is -2.09. The number of nitrogens with zero attached hydrogens (tertiary/aromatic N) is 5. The van der Waals surface area contributed by atoms with E-state index in [1.807, 2.05) is 0 Å². The van der Waals surface area contributed by atoms with E-state index >= 15 is 0 Å². The van der Waals surface area contributed by atoms with Crippen molar-refractivity contribution in [2.75, 3.05) is 13.7 Å². The fourth-order valence-electron chi connectivity index (χ4n) is 3.76. The maximum absolute atomic E-state index is 12.9. The normalized spacial score (nSPS) is 10.8. The summed E-state index contributed by atoms with van der Waals surface area (Å²) in [5.74, 6) is -0.793. The molecule has 0 bridgehead atoms. The number of nitro groups is 1. The third kappa shape index (κ3) is 5.27. The van der Waals surface area contributed by atoms with Crippen LogP contribution in [0.1, 0.15) is 21.5 Å². The number of carbonyl (C=O) groups is 2. The van der Waals surface area contributed by atoms with Gasteiger partial charge < -0.3 is 10.1 Å². The van der Waals surface area contributed by atoms with Gasteiger partial charge in [-0.2, -0.15) is 5.10 Å². The fourth-order valence-corrected chi connectivity index (χ4v) is 3.76. The van der Waals surface area contributed by atoms with Crippen LogP contribution in [-0.2, 0) is 29.0 Å². The fraction of sp³-hybridized carbons (Fsp3) is 0.208. The molecule has 2 aromatic carbocycles. The van der Waals surface area contributed by atoms with Crippen molar-refractivity contribution in [1.29, 1.82) is 0 Å². The van der Waals surface area contributed by atoms with Crippen molar-refractivity contribution in [2.45, 2.75) is 19.5 Å². The van der Waals surface area contributed by atoms with E-state index in [-0.39, 0.29) is 43.2 Å². The Morgan fingerprint density at radius 1 is 1.17 bits per heavy atom. The number of methoxy groups -OCH3 is 1. The van der Waals surface area contributed by atoms with E-state index in [0.29, 0.717) is 27.7 Å². The highest BCUT2D eigenvalue weighted by Crippen LogP contribution is 2.14. The minimum Gasteiger partial charge on any atom is -0.465 e. The molecule has 36 heavy (non-hydrogen) atoms. The maximum Gasteiger partial charge on any atom is 0.338 e. The Labute approximate surface area is 204 Å². The van der Waals surface area contributed by atoms with Crippen LogP contribution in [0.4, 0.5) is 5.69 Å². The minimum absolute atomic E-state index is 0.00569. The summed E-state index contributed by atoms with van der Waals surface area (Å²) in [5.41, 5.74) is 1.45. The predicted octanol–water partition coefficient (Wildman–Crippen LogP) is 1.69. The van der Waals surface area contributed by atoms with Gasteiger partial charge in [-0.05, 0) is 17.2 Å². The number of amides is 1. The lowest BCUT2D eigenvalue weighted by molar-refractivity contribution is -0.384. The van der Waals surface area contributed by atoms with Crippen LogP contribution in [0.25, 0.3) is 11.0 Å². The molecule has 0 fully saturated rings. The second-order valence-corrected chi connectivity index (χ2v) is 7.89. The van der Waals surface area contributed by atoms with E-state index in [2.05, 4.69) is 15.4 Å². The largest absolute Gasteiger partial charge is 0.465 e. The molecule has 0 aliphatic carbocycles. The van der Waals surface area contributed by atoms with E-state index in [1.165, 1.54) is 41.0 Å². The van der Waals surface area contributed by atoms with Gasteiger partial charge in [0, 0.05) is 18.7 Å². The first-order chi connectivity index (χ1) is 17.4. The summed E-state index contributed by atoms with van der Waals surface area (Å²) in [6.45, 7) is 0.626. The van der Waals surface area contributed by atoms with Gasteiger partial charge in [0.25, 0.3) is 11.2 Å². The van der Waals surface area contributed by atoms with E-state index in [0.717, 1.165) is 0 Å². The first-order valence-corrected chi connectivity index (χ1v) is 10.9. The Hall–Kier alpha value is -4.87. The topological polar surface area (TPSA) is 151 Å². The molecule has 0 radical (unpaired) electrons. The number of fused-ring (bicyclic) bond motifs is 1. The number of rotatable bonds is 9. The van der Waals surface area contributed by atoms with Crippen LogP contribution in [0.3, 0.4) is 0 Å². The van der Waals surface area contributed by atoms with E-state index in [1.54, 1.807) is 36.4 Å². The zero-order valence-electron chi connectivity index (χ0n) is 19.3. The van der Waals surface area contributed by atoms with Gasteiger partial charge in [-0.15, -0.1) is 0 Å². The number of nitro benzene ring substituents is 1. The zero-order valence-corrected chi connectivity index (χ0v) is 19.3. The van der Waals surface area contributed by atoms with Crippen molar-refractivity contribution in [2.24, 2.45) is 0 Å². The van der Waals surface area contributed by atoms with Gasteiger partial charge in [-0.1, -0.05) is 30.3 Å². The van der Waals surface area contributed by atoms with Gasteiger partial charge in [-0.3, -0.25) is 24.3 Å². The average molecular weight is 490 g/mol. The molecule has 0 aliphatic rings. The van der Waals surface area contributed by atoms with Crippen LogP contribution in [0.15, 0.2) is 65.8 Å². The van der Waals surface area contributed by atoms with Crippen molar-refractivity contribution in [1.82, 2.24) is 24.6 Å². The molecule has 2 aromatic heterocycles. The standard InChI is InChI=1S/C24H22N6O6/c1-36-24(33)19-8-3-2-6-17(19)12-21(31)25-9-10-29-22-20(13-27-29)23(32)28(15-26-22)14-16-5-4-7-18(11-16)30(34)35/h2-8,11,13,15H,9-10,12,14H2,1H3,(H,25,31). The van der Waals surface area contributed by atoms with Crippen LogP contribution in [0, 0.1) is 10.1 Å². The number of non-ortho nitro benzene ring substituents is 1. The highest BCUT2D eigenvalue weighted by Gasteiger charge is 2.15. The molecule has 12 heteroatoms. The van der Waals surface area contributed by atoms with Gasteiger partial charge in [-0.25, -0.2) is 14.5 Å². The number of hydrogen-bond donors (Lipinski definition) is 1. The minimum atomic E-state index is -0.511. The second kappa shape index (κ2) is 10.6.